The van der Waals surface area contributed by atoms with Gasteiger partial charge in [-0.05, 0) is 55.3 Å². The molecule has 1 amide bonds. The molecule has 0 saturated heterocycles. The summed E-state index contributed by atoms with van der Waals surface area (Å²) in [4.78, 5) is 12.4. The van der Waals surface area contributed by atoms with E-state index in [0.29, 0.717) is 26.6 Å². The molecule has 0 aliphatic carbocycles. The van der Waals surface area contributed by atoms with Crippen LogP contribution in [0, 0.1) is 13.8 Å². The van der Waals surface area contributed by atoms with Gasteiger partial charge in [0.15, 0.2) is 11.5 Å². The Morgan fingerprint density at radius 3 is 2.44 bits per heavy atom. The first-order valence-corrected chi connectivity index (χ1v) is 9.21. The van der Waals surface area contributed by atoms with Crippen molar-refractivity contribution in [1.29, 1.82) is 0 Å². The summed E-state index contributed by atoms with van der Waals surface area (Å²) in [6.45, 7) is 3.96. The molecule has 0 radical (unpaired) electrons. The van der Waals surface area contributed by atoms with Crippen molar-refractivity contribution >= 4 is 46.4 Å². The third-order valence-corrected chi connectivity index (χ3v) is 4.63. The molecular weight excluding hydrogens is 409 g/mol. The van der Waals surface area contributed by atoms with Crippen LogP contribution in [0.5, 0.6) is 5.75 Å². The van der Waals surface area contributed by atoms with E-state index in [1.807, 2.05) is 32.0 Å². The van der Waals surface area contributed by atoms with Gasteiger partial charge >= 0.3 is 0 Å². The van der Waals surface area contributed by atoms with E-state index < -0.39 is 0 Å². The predicted octanol–water partition coefficient (Wildman–Crippen LogP) is 6.69. The van der Waals surface area contributed by atoms with Crippen LogP contribution in [-0.2, 0) is 6.61 Å². The van der Waals surface area contributed by atoms with E-state index in [2.05, 4.69) is 5.32 Å². The van der Waals surface area contributed by atoms with E-state index in [9.17, 15) is 4.79 Å². The van der Waals surface area contributed by atoms with Gasteiger partial charge in [0.1, 0.15) is 12.4 Å². The first-order valence-electron chi connectivity index (χ1n) is 8.08. The van der Waals surface area contributed by atoms with Crippen molar-refractivity contribution in [1.82, 2.24) is 0 Å². The monoisotopic (exact) mass is 423 g/mol. The van der Waals surface area contributed by atoms with E-state index >= 15 is 0 Å². The zero-order valence-corrected chi connectivity index (χ0v) is 16.9. The normalized spacial score (nSPS) is 10.7. The lowest BCUT2D eigenvalue weighted by atomic mass is 10.1. The van der Waals surface area contributed by atoms with Crippen LogP contribution in [-0.4, -0.2) is 5.91 Å². The average molecular weight is 425 g/mol. The van der Waals surface area contributed by atoms with Gasteiger partial charge in [0, 0.05) is 10.7 Å². The third kappa shape index (κ3) is 4.78. The maximum atomic E-state index is 12.4. The summed E-state index contributed by atoms with van der Waals surface area (Å²) in [7, 11) is 0. The smallest absolute Gasteiger partial charge is 0.291 e. The van der Waals surface area contributed by atoms with Crippen LogP contribution in [0.25, 0.3) is 0 Å². The highest BCUT2D eigenvalue weighted by atomic mass is 35.5. The number of benzene rings is 2. The quantitative estimate of drug-likeness (QED) is 0.496. The number of carbonyl (C=O) groups excluding carboxylic acids is 1. The summed E-state index contributed by atoms with van der Waals surface area (Å²) in [5.74, 6) is 0.615. The fraction of sp³-hybridized carbons (Fsp3) is 0.150. The second-order valence-electron chi connectivity index (χ2n) is 6.03. The van der Waals surface area contributed by atoms with E-state index in [4.69, 9.17) is 44.0 Å². The molecule has 0 saturated carbocycles. The molecule has 0 bridgehead atoms. The van der Waals surface area contributed by atoms with Crippen molar-refractivity contribution < 1.29 is 13.9 Å². The molecule has 0 spiro atoms. The molecular formula is C20H16Cl3NO3. The Morgan fingerprint density at radius 2 is 1.74 bits per heavy atom. The lowest BCUT2D eigenvalue weighted by Gasteiger charge is -2.09. The minimum atomic E-state index is -0.336. The first kappa shape index (κ1) is 19.6. The molecule has 0 atom stereocenters. The molecule has 1 heterocycles. The highest BCUT2D eigenvalue weighted by molar-refractivity contribution is 6.40. The first-order chi connectivity index (χ1) is 12.8. The van der Waals surface area contributed by atoms with Crippen LogP contribution in [0.1, 0.15) is 27.4 Å². The zero-order valence-electron chi connectivity index (χ0n) is 14.6. The number of carbonyl (C=O) groups is 1. The van der Waals surface area contributed by atoms with Crippen molar-refractivity contribution in [3.8, 4) is 5.75 Å². The number of furan rings is 1. The summed E-state index contributed by atoms with van der Waals surface area (Å²) in [5, 5.41) is 3.86. The molecule has 3 aromatic rings. The Labute approximate surface area is 172 Å². The fourth-order valence-electron chi connectivity index (χ4n) is 2.44. The van der Waals surface area contributed by atoms with Gasteiger partial charge in [-0.25, -0.2) is 0 Å². The Bertz CT molecular complexity index is 975. The van der Waals surface area contributed by atoms with Crippen molar-refractivity contribution in [3.05, 3.63) is 80.2 Å². The molecule has 0 unspecified atom stereocenters. The molecule has 27 heavy (non-hydrogen) atoms. The second-order valence-corrected chi connectivity index (χ2v) is 7.28. The van der Waals surface area contributed by atoms with Gasteiger partial charge in [0.25, 0.3) is 5.91 Å². The van der Waals surface area contributed by atoms with Crippen LogP contribution < -0.4 is 10.1 Å². The maximum Gasteiger partial charge on any atom is 0.291 e. The molecule has 1 N–H and O–H groups in total. The Balaban J connectivity index is 1.68. The number of rotatable bonds is 5. The Kier molecular flexibility index (Phi) is 6.00. The SMILES string of the molecule is Cc1ccc(C)c(NC(=O)c2ccc(COc3c(Cl)cc(Cl)cc3Cl)o2)c1. The van der Waals surface area contributed by atoms with Gasteiger partial charge in [0.05, 0.1) is 10.0 Å². The number of aryl methyl sites for hydroxylation is 2. The highest BCUT2D eigenvalue weighted by Gasteiger charge is 2.15. The minimum absolute atomic E-state index is 0.0673. The van der Waals surface area contributed by atoms with Gasteiger partial charge in [-0.15, -0.1) is 0 Å². The highest BCUT2D eigenvalue weighted by Crippen LogP contribution is 2.36. The van der Waals surface area contributed by atoms with Gasteiger partial charge in [-0.3, -0.25) is 4.79 Å². The average Bonchev–Trinajstić information content (AvgIpc) is 3.06. The van der Waals surface area contributed by atoms with Gasteiger partial charge in [-0.1, -0.05) is 46.9 Å². The zero-order chi connectivity index (χ0) is 19.6. The Hall–Kier alpha value is -2.14. The number of amides is 1. The van der Waals surface area contributed by atoms with Crippen LogP contribution in [0.3, 0.4) is 0 Å². The molecule has 0 fully saturated rings. The van der Waals surface area contributed by atoms with Crippen molar-refractivity contribution in [3.63, 3.8) is 0 Å². The molecule has 7 heteroatoms. The number of halogens is 3. The fourth-order valence-corrected chi connectivity index (χ4v) is 3.37. The summed E-state index contributed by atoms with van der Waals surface area (Å²) in [6.07, 6.45) is 0. The van der Waals surface area contributed by atoms with E-state index in [-0.39, 0.29) is 18.3 Å². The lowest BCUT2D eigenvalue weighted by molar-refractivity contribution is 0.0992. The standard InChI is InChI=1S/C20H16Cl3NO3/c1-11-3-4-12(2)17(7-11)24-20(25)18-6-5-14(27-18)10-26-19-15(22)8-13(21)9-16(19)23/h3-9H,10H2,1-2H3,(H,24,25). The Morgan fingerprint density at radius 1 is 1.04 bits per heavy atom. The molecule has 3 rings (SSSR count). The number of hydrogen-bond donors (Lipinski definition) is 1. The van der Waals surface area contributed by atoms with E-state index in [1.165, 1.54) is 12.1 Å². The predicted molar refractivity (Wildman–Crippen MR) is 108 cm³/mol. The third-order valence-electron chi connectivity index (χ3n) is 3.85. The summed E-state index contributed by atoms with van der Waals surface area (Å²) in [5.41, 5.74) is 2.77. The van der Waals surface area contributed by atoms with E-state index in [1.54, 1.807) is 12.1 Å². The van der Waals surface area contributed by atoms with Crippen molar-refractivity contribution in [2.24, 2.45) is 0 Å². The summed E-state index contributed by atoms with van der Waals surface area (Å²) < 4.78 is 11.2. The van der Waals surface area contributed by atoms with Gasteiger partial charge in [0.2, 0.25) is 0 Å². The molecule has 1 aromatic heterocycles. The second kappa shape index (κ2) is 8.26. The van der Waals surface area contributed by atoms with E-state index in [0.717, 1.165) is 16.8 Å². The number of hydrogen-bond acceptors (Lipinski definition) is 3. The number of ether oxygens (including phenoxy) is 1. The van der Waals surface area contributed by atoms with Crippen LogP contribution in [0.15, 0.2) is 46.9 Å². The topological polar surface area (TPSA) is 51.5 Å². The van der Waals surface area contributed by atoms with Gasteiger partial charge in [-0.2, -0.15) is 0 Å². The summed E-state index contributed by atoms with van der Waals surface area (Å²) >= 11 is 18.0. The van der Waals surface area contributed by atoms with Crippen molar-refractivity contribution in [2.75, 3.05) is 5.32 Å². The van der Waals surface area contributed by atoms with Crippen LogP contribution in [0.2, 0.25) is 15.1 Å². The molecule has 4 nitrogen and oxygen atoms in total. The van der Waals surface area contributed by atoms with Crippen LogP contribution >= 0.6 is 34.8 Å². The van der Waals surface area contributed by atoms with Gasteiger partial charge < -0.3 is 14.5 Å². The van der Waals surface area contributed by atoms with Crippen molar-refractivity contribution in [2.45, 2.75) is 20.5 Å². The minimum Gasteiger partial charge on any atom is -0.483 e. The molecule has 0 aliphatic rings. The maximum absolute atomic E-state index is 12.4. The molecule has 0 aliphatic heterocycles. The number of nitrogens with one attached hydrogen (secondary N) is 1. The van der Waals surface area contributed by atoms with Crippen LogP contribution in [0.4, 0.5) is 5.69 Å². The molecule has 140 valence electrons. The lowest BCUT2D eigenvalue weighted by Crippen LogP contribution is -2.12. The number of anilines is 1. The largest absolute Gasteiger partial charge is 0.483 e. The summed E-state index contributed by atoms with van der Waals surface area (Å²) in [6, 6.07) is 12.2. The molecule has 2 aromatic carbocycles.